The molecule has 1 aromatic heterocycles. The fourth-order valence-electron chi connectivity index (χ4n) is 2.77. The maximum Gasteiger partial charge on any atom is 0.166 e. The number of hydrogen-bond acceptors (Lipinski definition) is 6. The summed E-state index contributed by atoms with van der Waals surface area (Å²) in [6.07, 6.45) is 6.62. The number of nitrogens with one attached hydrogen (secondary N) is 1. The third-order valence-electron chi connectivity index (χ3n) is 4.03. The number of halogens is 1. The zero-order chi connectivity index (χ0) is 19.4. The minimum atomic E-state index is -0.632. The fourth-order valence-corrected chi connectivity index (χ4v) is 2.77. The number of hydrogen-bond donors (Lipinski definition) is 3. The van der Waals surface area contributed by atoms with Crippen molar-refractivity contribution in [2.24, 2.45) is 10.7 Å². The van der Waals surface area contributed by atoms with E-state index in [1.54, 1.807) is 7.05 Å². The van der Waals surface area contributed by atoms with E-state index in [0.29, 0.717) is 11.4 Å². The lowest BCUT2D eigenvalue weighted by molar-refractivity contribution is 0.492. The lowest BCUT2D eigenvalue weighted by Crippen LogP contribution is -2.18. The zero-order valence-electron chi connectivity index (χ0n) is 15.6. The van der Waals surface area contributed by atoms with Gasteiger partial charge in [-0.05, 0) is 30.7 Å². The summed E-state index contributed by atoms with van der Waals surface area (Å²) in [5, 5.41) is 3.16. The number of aliphatic imine (C=N–C) groups is 1. The van der Waals surface area contributed by atoms with Crippen LogP contribution in [0.15, 0.2) is 52.8 Å². The van der Waals surface area contributed by atoms with Gasteiger partial charge in [0, 0.05) is 49.4 Å². The molecule has 0 fully saturated rings. The number of nitrogen functional groups attached to an aromatic ring is 1. The monoisotopic (exact) mass is 356 g/mol. The summed E-state index contributed by atoms with van der Waals surface area (Å²) in [5.74, 6) is -0.481. The van der Waals surface area contributed by atoms with Crippen LogP contribution in [0.2, 0.25) is 0 Å². The molecule has 1 heterocycles. The predicted octanol–water partition coefficient (Wildman–Crippen LogP) is 2.89. The van der Waals surface area contributed by atoms with Gasteiger partial charge in [-0.15, -0.1) is 0 Å². The van der Waals surface area contributed by atoms with Crippen LogP contribution in [0.4, 0.5) is 16.0 Å². The highest BCUT2D eigenvalue weighted by molar-refractivity contribution is 6.12. The number of rotatable bonds is 5. The summed E-state index contributed by atoms with van der Waals surface area (Å²) >= 11 is 0. The molecule has 0 aliphatic heterocycles. The molecule has 0 saturated carbocycles. The second-order valence-electron chi connectivity index (χ2n) is 6.05. The molecule has 0 spiro atoms. The van der Waals surface area contributed by atoms with E-state index < -0.39 is 5.82 Å². The van der Waals surface area contributed by atoms with Crippen molar-refractivity contribution in [3.63, 3.8) is 0 Å². The lowest BCUT2D eigenvalue weighted by atomic mass is 9.99. The molecule has 2 rings (SSSR count). The summed E-state index contributed by atoms with van der Waals surface area (Å²) in [4.78, 5) is 10.5. The average Bonchev–Trinajstić information content (AvgIpc) is 2.58. The standard InChI is InChI=1S/C19H25FN6/c1-6-17(26(4)5)14-9-12(7-8-16(14)23-3)24-19-13(11(2)21)10-15(20)18(22)25-19/h7-10H,2,6,21H2,1,3-5H3,(H3,22,24,25)/b17-14+,23-16-. The van der Waals surface area contributed by atoms with Crippen LogP contribution in [-0.4, -0.2) is 36.7 Å². The molecule has 1 aliphatic rings. The zero-order valence-corrected chi connectivity index (χ0v) is 15.6. The summed E-state index contributed by atoms with van der Waals surface area (Å²) in [6.45, 7) is 5.76. The lowest BCUT2D eigenvalue weighted by Gasteiger charge is -2.22. The van der Waals surface area contributed by atoms with Gasteiger partial charge in [0.25, 0.3) is 0 Å². The first-order chi connectivity index (χ1) is 12.3. The van der Waals surface area contributed by atoms with Crippen LogP contribution in [0.3, 0.4) is 0 Å². The molecule has 1 aliphatic carbocycles. The topological polar surface area (TPSA) is 92.6 Å². The Kier molecular flexibility index (Phi) is 5.82. The third-order valence-corrected chi connectivity index (χ3v) is 4.03. The first kappa shape index (κ1) is 19.2. The fraction of sp³-hybridized carbons (Fsp3) is 0.263. The van der Waals surface area contributed by atoms with Gasteiger partial charge in [0.05, 0.1) is 5.71 Å². The average molecular weight is 356 g/mol. The van der Waals surface area contributed by atoms with Crippen molar-refractivity contribution in [2.45, 2.75) is 13.3 Å². The van der Waals surface area contributed by atoms with Crippen molar-refractivity contribution in [1.29, 1.82) is 0 Å². The Bertz CT molecular complexity index is 846. The Morgan fingerprint density at radius 2 is 2.08 bits per heavy atom. The van der Waals surface area contributed by atoms with E-state index in [9.17, 15) is 4.39 Å². The Hall–Kier alpha value is -3.09. The Morgan fingerprint density at radius 3 is 2.62 bits per heavy atom. The molecule has 0 atom stereocenters. The van der Waals surface area contributed by atoms with Crippen molar-refractivity contribution in [3.05, 3.63) is 59.2 Å². The van der Waals surface area contributed by atoms with E-state index >= 15 is 0 Å². The van der Waals surface area contributed by atoms with Crippen LogP contribution < -0.4 is 16.8 Å². The molecule has 138 valence electrons. The number of nitrogens with zero attached hydrogens (tertiary/aromatic N) is 3. The van der Waals surface area contributed by atoms with Crippen molar-refractivity contribution in [1.82, 2.24) is 9.88 Å². The predicted molar refractivity (Wildman–Crippen MR) is 107 cm³/mol. The molecule has 0 radical (unpaired) electrons. The molecule has 6 nitrogen and oxygen atoms in total. The second kappa shape index (κ2) is 7.86. The number of allylic oxidation sites excluding steroid dienone is 5. The largest absolute Gasteiger partial charge is 0.399 e. The van der Waals surface area contributed by atoms with Gasteiger partial charge < -0.3 is 21.7 Å². The molecule has 0 saturated heterocycles. The normalized spacial score (nSPS) is 17.1. The van der Waals surface area contributed by atoms with E-state index in [1.807, 2.05) is 32.3 Å². The van der Waals surface area contributed by atoms with Gasteiger partial charge in [-0.3, -0.25) is 4.99 Å². The number of nitrogens with two attached hydrogens (primary N) is 2. The highest BCUT2D eigenvalue weighted by atomic mass is 19.1. The molecular formula is C19H25FN6. The smallest absolute Gasteiger partial charge is 0.166 e. The van der Waals surface area contributed by atoms with Gasteiger partial charge in [-0.2, -0.15) is 0 Å². The van der Waals surface area contributed by atoms with E-state index in [-0.39, 0.29) is 11.5 Å². The summed E-state index contributed by atoms with van der Waals surface area (Å²) < 4.78 is 13.7. The molecule has 0 amide bonds. The van der Waals surface area contributed by atoms with Crippen LogP contribution in [0.5, 0.6) is 0 Å². The molecule has 5 N–H and O–H groups in total. The number of pyridine rings is 1. The second-order valence-corrected chi connectivity index (χ2v) is 6.05. The van der Waals surface area contributed by atoms with Crippen molar-refractivity contribution >= 4 is 23.0 Å². The number of aromatic nitrogens is 1. The molecule has 26 heavy (non-hydrogen) atoms. The third kappa shape index (κ3) is 3.93. The molecular weight excluding hydrogens is 331 g/mol. The van der Waals surface area contributed by atoms with Crippen LogP contribution in [0.1, 0.15) is 18.9 Å². The van der Waals surface area contributed by atoms with Gasteiger partial charge >= 0.3 is 0 Å². The molecule has 7 heteroatoms. The van der Waals surface area contributed by atoms with Crippen LogP contribution in [-0.2, 0) is 0 Å². The van der Waals surface area contributed by atoms with Crippen LogP contribution in [0, 0.1) is 5.82 Å². The van der Waals surface area contributed by atoms with Crippen molar-refractivity contribution in [2.75, 3.05) is 32.2 Å². The van der Waals surface area contributed by atoms with Gasteiger partial charge in [-0.1, -0.05) is 13.5 Å². The van der Waals surface area contributed by atoms with E-state index in [4.69, 9.17) is 11.5 Å². The van der Waals surface area contributed by atoms with Gasteiger partial charge in [0.1, 0.15) is 5.82 Å². The van der Waals surface area contributed by atoms with Gasteiger partial charge in [0.15, 0.2) is 11.6 Å². The number of anilines is 2. The van der Waals surface area contributed by atoms with Crippen molar-refractivity contribution < 1.29 is 4.39 Å². The van der Waals surface area contributed by atoms with Crippen LogP contribution >= 0.6 is 0 Å². The first-order valence-electron chi connectivity index (χ1n) is 8.23. The maximum atomic E-state index is 13.7. The molecule has 0 unspecified atom stereocenters. The first-order valence-corrected chi connectivity index (χ1v) is 8.23. The van der Waals surface area contributed by atoms with Crippen LogP contribution in [0.25, 0.3) is 5.70 Å². The Labute approximate surface area is 153 Å². The summed E-state index contributed by atoms with van der Waals surface area (Å²) in [6, 6.07) is 1.23. The molecule has 1 aromatic rings. The SMILES string of the molecule is C=C(N)c1cc(F)c(N)nc1NC1=CC(=C(/CC)N(C)C)/C(=N\C)C=C1. The maximum absolute atomic E-state index is 13.7. The minimum absolute atomic E-state index is 0.202. The highest BCUT2D eigenvalue weighted by Crippen LogP contribution is 2.26. The highest BCUT2D eigenvalue weighted by Gasteiger charge is 2.17. The van der Waals surface area contributed by atoms with Gasteiger partial charge in [0.2, 0.25) is 0 Å². The Balaban J connectivity index is 2.51. The minimum Gasteiger partial charge on any atom is -0.399 e. The van der Waals surface area contributed by atoms with Crippen molar-refractivity contribution in [3.8, 4) is 0 Å². The summed E-state index contributed by atoms with van der Waals surface area (Å²) in [5.41, 5.74) is 15.7. The molecule has 0 aromatic carbocycles. The molecule has 0 bridgehead atoms. The van der Waals surface area contributed by atoms with E-state index in [0.717, 1.165) is 29.1 Å². The van der Waals surface area contributed by atoms with E-state index in [1.165, 1.54) is 6.07 Å². The summed E-state index contributed by atoms with van der Waals surface area (Å²) in [7, 11) is 5.75. The Morgan fingerprint density at radius 1 is 1.38 bits per heavy atom. The van der Waals surface area contributed by atoms with Gasteiger partial charge in [-0.25, -0.2) is 9.37 Å². The van der Waals surface area contributed by atoms with E-state index in [2.05, 4.69) is 33.7 Å². The quantitative estimate of drug-likeness (QED) is 0.754.